The van der Waals surface area contributed by atoms with Gasteiger partial charge >= 0.3 is 5.97 Å². The van der Waals surface area contributed by atoms with Crippen LogP contribution in [0.25, 0.3) is 11.0 Å². The normalized spacial score (nSPS) is 17.4. The molecule has 3 heterocycles. The molecule has 4 rings (SSSR count). The summed E-state index contributed by atoms with van der Waals surface area (Å²) in [4.78, 5) is 34.3. The Hall–Kier alpha value is -3.29. The molecule has 0 saturated carbocycles. The number of methoxy groups -OCH3 is 1. The van der Waals surface area contributed by atoms with E-state index in [-0.39, 0.29) is 17.4 Å². The van der Waals surface area contributed by atoms with Gasteiger partial charge in [-0.15, -0.1) is 0 Å². The van der Waals surface area contributed by atoms with Crippen molar-refractivity contribution >= 4 is 38.6 Å². The molecule has 2 unspecified atom stereocenters. The second kappa shape index (κ2) is 9.52. The number of pyridine rings is 2. The zero-order chi connectivity index (χ0) is 24.6. The molecule has 1 aromatic carbocycles. The van der Waals surface area contributed by atoms with Crippen molar-refractivity contribution in [2.75, 3.05) is 31.6 Å². The molecule has 34 heavy (non-hydrogen) atoms. The van der Waals surface area contributed by atoms with Gasteiger partial charge < -0.3 is 14.2 Å². The average Bonchev–Trinajstić information content (AvgIpc) is 2.85. The second-order valence-corrected chi connectivity index (χ2v) is 8.97. The van der Waals surface area contributed by atoms with E-state index in [9.17, 15) is 19.2 Å². The molecule has 176 valence electrons. The van der Waals surface area contributed by atoms with Crippen LogP contribution in [0.1, 0.15) is 24.1 Å². The number of nitriles is 1. The summed E-state index contributed by atoms with van der Waals surface area (Å²) >= 11 is 3.37. The predicted octanol–water partition coefficient (Wildman–Crippen LogP) is 3.13. The van der Waals surface area contributed by atoms with Crippen molar-refractivity contribution in [1.29, 1.82) is 5.26 Å². The van der Waals surface area contributed by atoms with E-state index in [4.69, 9.17) is 4.74 Å². The number of carbonyl (C=O) groups excluding carboxylic acids is 1. The summed E-state index contributed by atoms with van der Waals surface area (Å²) in [6, 6.07) is 10.9. The lowest BCUT2D eigenvalue weighted by Crippen LogP contribution is -2.57. The number of hydrogen-bond acceptors (Lipinski definition) is 7. The maximum Gasteiger partial charge on any atom is 0.329 e. The average molecular weight is 528 g/mol. The van der Waals surface area contributed by atoms with Crippen molar-refractivity contribution in [3.05, 3.63) is 68.3 Å². The number of aromatic nitrogens is 2. The number of carbonyl (C=O) groups is 1. The van der Waals surface area contributed by atoms with Crippen molar-refractivity contribution in [1.82, 2.24) is 14.5 Å². The number of anilines is 1. The van der Waals surface area contributed by atoms with Gasteiger partial charge in [0.15, 0.2) is 0 Å². The fourth-order valence-corrected chi connectivity index (χ4v) is 4.77. The third-order valence-electron chi connectivity index (χ3n) is 6.37. The smallest absolute Gasteiger partial charge is 0.329 e. The molecule has 0 N–H and O–H groups in total. The number of hydrogen-bond donors (Lipinski definition) is 0. The Balaban J connectivity index is 1.81. The van der Waals surface area contributed by atoms with Crippen LogP contribution >= 0.6 is 15.9 Å². The third kappa shape index (κ3) is 4.17. The molecule has 10 heteroatoms. The SMILES string of the molecule is COC(=O)C1CN(C(C)c2ccc(F)cc2)CCN1c1c(C#N)c(=O)n(C)c2ccc(Br)nc12. The van der Waals surface area contributed by atoms with Crippen LogP contribution in [0.15, 0.2) is 45.8 Å². The van der Waals surface area contributed by atoms with Gasteiger partial charge in [0, 0.05) is 32.7 Å². The van der Waals surface area contributed by atoms with E-state index in [1.807, 2.05) is 13.0 Å². The van der Waals surface area contributed by atoms with E-state index in [1.165, 1.54) is 23.8 Å². The number of ether oxygens (including phenoxy) is 1. The fraction of sp³-hybridized carbons (Fsp3) is 0.333. The second-order valence-electron chi connectivity index (χ2n) is 8.16. The number of nitrogens with zero attached hydrogens (tertiary/aromatic N) is 5. The highest BCUT2D eigenvalue weighted by molar-refractivity contribution is 9.10. The molecule has 1 aliphatic rings. The lowest BCUT2D eigenvalue weighted by molar-refractivity contribution is -0.143. The van der Waals surface area contributed by atoms with E-state index in [0.29, 0.717) is 41.0 Å². The van der Waals surface area contributed by atoms with Crippen molar-refractivity contribution in [3.63, 3.8) is 0 Å². The summed E-state index contributed by atoms with van der Waals surface area (Å²) in [6.45, 7) is 3.18. The van der Waals surface area contributed by atoms with Crippen LogP contribution in [-0.2, 0) is 16.6 Å². The van der Waals surface area contributed by atoms with Crippen LogP contribution in [0.2, 0.25) is 0 Å². The Labute approximate surface area is 204 Å². The van der Waals surface area contributed by atoms with Gasteiger partial charge in [-0.1, -0.05) is 12.1 Å². The minimum Gasteiger partial charge on any atom is -0.467 e. The number of benzene rings is 1. The summed E-state index contributed by atoms with van der Waals surface area (Å²) < 4.78 is 20.4. The highest BCUT2D eigenvalue weighted by atomic mass is 79.9. The maximum atomic E-state index is 13.4. The van der Waals surface area contributed by atoms with Crippen molar-refractivity contribution in [2.45, 2.75) is 19.0 Å². The summed E-state index contributed by atoms with van der Waals surface area (Å²) in [5.41, 5.74) is 1.71. The minimum atomic E-state index is -0.773. The first-order chi connectivity index (χ1) is 16.3. The van der Waals surface area contributed by atoms with Crippen molar-refractivity contribution in [3.8, 4) is 6.07 Å². The minimum absolute atomic E-state index is 0.0745. The Morgan fingerprint density at radius 1 is 1.26 bits per heavy atom. The Morgan fingerprint density at radius 3 is 2.62 bits per heavy atom. The van der Waals surface area contributed by atoms with E-state index in [2.05, 4.69) is 25.8 Å². The van der Waals surface area contributed by atoms with Crippen LogP contribution in [0.3, 0.4) is 0 Å². The zero-order valence-electron chi connectivity index (χ0n) is 19.0. The summed E-state index contributed by atoms with van der Waals surface area (Å²) in [6.07, 6.45) is 0. The first-order valence-electron chi connectivity index (χ1n) is 10.7. The van der Waals surface area contributed by atoms with Gasteiger partial charge in [-0.3, -0.25) is 9.69 Å². The van der Waals surface area contributed by atoms with Gasteiger partial charge in [-0.2, -0.15) is 5.26 Å². The highest BCUT2D eigenvalue weighted by Crippen LogP contribution is 2.33. The molecule has 0 bridgehead atoms. The third-order valence-corrected chi connectivity index (χ3v) is 6.81. The molecular weight excluding hydrogens is 505 g/mol. The molecule has 1 saturated heterocycles. The predicted molar refractivity (Wildman–Crippen MR) is 129 cm³/mol. The van der Waals surface area contributed by atoms with Crippen LogP contribution < -0.4 is 10.5 Å². The first kappa shape index (κ1) is 23.9. The van der Waals surface area contributed by atoms with Gasteiger partial charge in [0.1, 0.15) is 33.6 Å². The van der Waals surface area contributed by atoms with Crippen LogP contribution in [-0.4, -0.2) is 53.2 Å². The number of esters is 1. The molecular formula is C24H23BrFN5O3. The van der Waals surface area contributed by atoms with Crippen molar-refractivity contribution in [2.24, 2.45) is 7.05 Å². The van der Waals surface area contributed by atoms with Crippen LogP contribution in [0, 0.1) is 17.1 Å². The van der Waals surface area contributed by atoms with E-state index in [0.717, 1.165) is 5.56 Å². The summed E-state index contributed by atoms with van der Waals surface area (Å²) in [5.74, 6) is -0.794. The molecule has 3 aromatic rings. The Morgan fingerprint density at radius 2 is 1.97 bits per heavy atom. The molecule has 1 fully saturated rings. The number of aryl methyl sites for hydroxylation is 1. The lowest BCUT2D eigenvalue weighted by atomic mass is 10.0. The van der Waals surface area contributed by atoms with Gasteiger partial charge in [0.25, 0.3) is 5.56 Å². The molecule has 2 aromatic heterocycles. The number of piperazine rings is 1. The topological polar surface area (TPSA) is 91.5 Å². The summed E-state index contributed by atoms with van der Waals surface area (Å²) in [7, 11) is 2.90. The lowest BCUT2D eigenvalue weighted by Gasteiger charge is -2.43. The van der Waals surface area contributed by atoms with E-state index < -0.39 is 17.6 Å². The highest BCUT2D eigenvalue weighted by Gasteiger charge is 2.38. The zero-order valence-corrected chi connectivity index (χ0v) is 20.5. The largest absolute Gasteiger partial charge is 0.467 e. The van der Waals surface area contributed by atoms with E-state index in [1.54, 1.807) is 36.2 Å². The monoisotopic (exact) mass is 527 g/mol. The standard InChI is InChI=1S/C24H23BrFN5O3/c1-14(15-4-6-16(26)7-5-15)30-10-11-31(19(13-30)24(33)34-3)22-17(12-27)23(32)29(2)18-8-9-20(25)28-21(18)22/h4-9,14,19H,10-11,13H2,1-3H3. The van der Waals surface area contributed by atoms with Gasteiger partial charge in [0.2, 0.25) is 0 Å². The Bertz CT molecular complexity index is 1350. The van der Waals surface area contributed by atoms with Gasteiger partial charge in [-0.05, 0) is 52.7 Å². The molecule has 8 nitrogen and oxygen atoms in total. The quantitative estimate of drug-likeness (QED) is 0.380. The molecule has 0 spiro atoms. The molecule has 0 amide bonds. The number of rotatable bonds is 4. The van der Waals surface area contributed by atoms with Gasteiger partial charge in [-0.25, -0.2) is 14.2 Å². The first-order valence-corrected chi connectivity index (χ1v) is 11.5. The van der Waals surface area contributed by atoms with Crippen molar-refractivity contribution < 1.29 is 13.9 Å². The summed E-state index contributed by atoms with van der Waals surface area (Å²) in [5, 5.41) is 9.89. The number of halogens is 2. The molecule has 0 aliphatic carbocycles. The van der Waals surface area contributed by atoms with E-state index >= 15 is 0 Å². The van der Waals surface area contributed by atoms with Crippen LogP contribution in [0.4, 0.5) is 10.1 Å². The molecule has 1 aliphatic heterocycles. The molecule has 0 radical (unpaired) electrons. The maximum absolute atomic E-state index is 13.4. The Kier molecular flexibility index (Phi) is 6.68. The van der Waals surface area contributed by atoms with Crippen LogP contribution in [0.5, 0.6) is 0 Å². The number of fused-ring (bicyclic) bond motifs is 1. The fourth-order valence-electron chi connectivity index (χ4n) is 4.46. The van der Waals surface area contributed by atoms with Gasteiger partial charge in [0.05, 0.1) is 18.3 Å². The molecule has 2 atom stereocenters.